The molecule has 0 amide bonds. The van der Waals surface area contributed by atoms with E-state index in [1.807, 2.05) is 24.3 Å². The van der Waals surface area contributed by atoms with Crippen LogP contribution < -0.4 is 15.2 Å². The minimum atomic E-state index is 0.187. The van der Waals surface area contributed by atoms with Crippen LogP contribution in [0.1, 0.15) is 0 Å². The quantitative estimate of drug-likeness (QED) is 0.853. The average Bonchev–Trinajstić information content (AvgIpc) is 2.38. The van der Waals surface area contributed by atoms with E-state index in [9.17, 15) is 0 Å². The summed E-state index contributed by atoms with van der Waals surface area (Å²) in [5.41, 5.74) is 5.61. The van der Waals surface area contributed by atoms with Gasteiger partial charge in [0.05, 0.1) is 19.1 Å². The Morgan fingerprint density at radius 1 is 1.11 bits per heavy atom. The Bertz CT molecular complexity index is 549. The van der Waals surface area contributed by atoms with E-state index in [-0.39, 0.29) is 5.95 Å². The Kier molecular flexibility index (Phi) is 3.88. The fraction of sp³-hybridized carbons (Fsp3) is 0.167. The molecule has 18 heavy (non-hydrogen) atoms. The minimum Gasteiger partial charge on any atom is -0.496 e. The van der Waals surface area contributed by atoms with E-state index in [0.29, 0.717) is 10.9 Å². The molecule has 0 aliphatic heterocycles. The molecule has 0 spiro atoms. The lowest BCUT2D eigenvalue weighted by Crippen LogP contribution is -1.98. The second-order valence-electron chi connectivity index (χ2n) is 3.36. The lowest BCUT2D eigenvalue weighted by Gasteiger charge is -2.08. The second-order valence-corrected chi connectivity index (χ2v) is 4.42. The molecule has 1 aromatic carbocycles. The number of methoxy groups -OCH3 is 2. The number of aromatic nitrogens is 2. The van der Waals surface area contributed by atoms with Gasteiger partial charge in [-0.3, -0.25) is 0 Å². The van der Waals surface area contributed by atoms with Crippen molar-refractivity contribution in [2.24, 2.45) is 0 Å². The third-order valence-corrected chi connectivity index (χ3v) is 3.16. The van der Waals surface area contributed by atoms with Gasteiger partial charge in [0.1, 0.15) is 10.8 Å². The maximum atomic E-state index is 5.61. The Morgan fingerprint density at radius 2 is 1.89 bits per heavy atom. The van der Waals surface area contributed by atoms with Crippen molar-refractivity contribution in [2.75, 3.05) is 20.0 Å². The van der Waals surface area contributed by atoms with Crippen LogP contribution in [-0.2, 0) is 0 Å². The van der Waals surface area contributed by atoms with Crippen LogP contribution in [0.25, 0.3) is 0 Å². The van der Waals surface area contributed by atoms with Crippen LogP contribution >= 0.6 is 11.8 Å². The highest BCUT2D eigenvalue weighted by molar-refractivity contribution is 7.99. The van der Waals surface area contributed by atoms with Crippen LogP contribution in [0.4, 0.5) is 5.95 Å². The van der Waals surface area contributed by atoms with Crippen molar-refractivity contribution >= 4 is 17.7 Å². The van der Waals surface area contributed by atoms with Crippen molar-refractivity contribution in [2.45, 2.75) is 9.92 Å². The number of anilines is 1. The summed E-state index contributed by atoms with van der Waals surface area (Å²) in [4.78, 5) is 9.04. The molecule has 0 atom stereocenters. The topological polar surface area (TPSA) is 70.3 Å². The smallest absolute Gasteiger partial charge is 0.224 e. The van der Waals surface area contributed by atoms with Gasteiger partial charge in [0, 0.05) is 6.07 Å². The van der Waals surface area contributed by atoms with Gasteiger partial charge in [-0.1, -0.05) is 23.9 Å². The van der Waals surface area contributed by atoms with Gasteiger partial charge in [0.2, 0.25) is 11.8 Å². The zero-order valence-corrected chi connectivity index (χ0v) is 10.9. The molecule has 0 bridgehead atoms. The molecule has 0 aliphatic carbocycles. The van der Waals surface area contributed by atoms with Crippen molar-refractivity contribution in [3.05, 3.63) is 30.3 Å². The molecule has 2 N–H and O–H groups in total. The normalized spacial score (nSPS) is 10.1. The summed E-state index contributed by atoms with van der Waals surface area (Å²) >= 11 is 1.45. The van der Waals surface area contributed by atoms with Crippen molar-refractivity contribution in [3.8, 4) is 11.6 Å². The number of ether oxygens (including phenoxy) is 2. The summed E-state index contributed by atoms with van der Waals surface area (Å²) in [7, 11) is 3.17. The van der Waals surface area contributed by atoms with Crippen LogP contribution in [-0.4, -0.2) is 24.2 Å². The summed E-state index contributed by atoms with van der Waals surface area (Å²) in [6.07, 6.45) is 0. The molecule has 1 heterocycles. The highest BCUT2D eigenvalue weighted by atomic mass is 32.2. The number of benzene rings is 1. The van der Waals surface area contributed by atoms with Crippen LogP contribution in [0, 0.1) is 0 Å². The first-order valence-electron chi connectivity index (χ1n) is 5.22. The molecule has 0 aliphatic rings. The number of nitrogens with two attached hydrogens (primary N) is 1. The largest absolute Gasteiger partial charge is 0.496 e. The molecule has 94 valence electrons. The van der Waals surface area contributed by atoms with E-state index < -0.39 is 0 Å². The molecular weight excluding hydrogens is 250 g/mol. The number of rotatable bonds is 4. The van der Waals surface area contributed by atoms with E-state index in [1.54, 1.807) is 20.3 Å². The summed E-state index contributed by atoms with van der Waals surface area (Å²) in [6.45, 7) is 0. The summed E-state index contributed by atoms with van der Waals surface area (Å²) in [5.74, 6) is 1.42. The first-order valence-corrected chi connectivity index (χ1v) is 6.04. The van der Waals surface area contributed by atoms with Gasteiger partial charge in [0.15, 0.2) is 0 Å². The second kappa shape index (κ2) is 5.59. The van der Waals surface area contributed by atoms with E-state index in [0.717, 1.165) is 10.6 Å². The monoisotopic (exact) mass is 263 g/mol. The number of nitrogens with zero attached hydrogens (tertiary/aromatic N) is 2. The van der Waals surface area contributed by atoms with E-state index in [2.05, 4.69) is 9.97 Å². The Balaban J connectivity index is 2.30. The van der Waals surface area contributed by atoms with Gasteiger partial charge in [-0.05, 0) is 12.1 Å². The molecule has 6 heteroatoms. The van der Waals surface area contributed by atoms with Crippen molar-refractivity contribution in [1.82, 2.24) is 9.97 Å². The first-order chi connectivity index (χ1) is 8.72. The van der Waals surface area contributed by atoms with Crippen LogP contribution in [0.2, 0.25) is 0 Å². The zero-order valence-electron chi connectivity index (χ0n) is 10.1. The Hall–Kier alpha value is -1.95. The zero-order chi connectivity index (χ0) is 13.0. The summed E-state index contributed by atoms with van der Waals surface area (Å²) in [6, 6.07) is 9.43. The van der Waals surface area contributed by atoms with Gasteiger partial charge >= 0.3 is 0 Å². The average molecular weight is 263 g/mol. The van der Waals surface area contributed by atoms with E-state index in [4.69, 9.17) is 15.2 Å². The van der Waals surface area contributed by atoms with Crippen molar-refractivity contribution < 1.29 is 9.47 Å². The molecule has 0 unspecified atom stereocenters. The van der Waals surface area contributed by atoms with Crippen molar-refractivity contribution in [3.63, 3.8) is 0 Å². The van der Waals surface area contributed by atoms with Gasteiger partial charge in [0.25, 0.3) is 0 Å². The van der Waals surface area contributed by atoms with E-state index >= 15 is 0 Å². The number of hydrogen-bond donors (Lipinski definition) is 1. The number of hydrogen-bond acceptors (Lipinski definition) is 6. The third kappa shape index (κ3) is 2.84. The number of nitrogen functional groups attached to an aromatic ring is 1. The lowest BCUT2D eigenvalue weighted by molar-refractivity contribution is 0.395. The van der Waals surface area contributed by atoms with Crippen LogP contribution in [0.3, 0.4) is 0 Å². The van der Waals surface area contributed by atoms with E-state index in [1.165, 1.54) is 11.8 Å². The highest BCUT2D eigenvalue weighted by Crippen LogP contribution is 2.34. The SMILES string of the molecule is COc1cc(Sc2ccccc2OC)nc(N)n1. The fourth-order valence-electron chi connectivity index (χ4n) is 1.39. The molecule has 2 rings (SSSR count). The Morgan fingerprint density at radius 3 is 2.61 bits per heavy atom. The maximum Gasteiger partial charge on any atom is 0.224 e. The van der Waals surface area contributed by atoms with Crippen LogP contribution in [0.15, 0.2) is 40.3 Å². The Labute approximate surface area is 109 Å². The highest BCUT2D eigenvalue weighted by Gasteiger charge is 2.08. The molecule has 0 radical (unpaired) electrons. The third-order valence-electron chi connectivity index (χ3n) is 2.19. The summed E-state index contributed by atoms with van der Waals surface area (Å²) < 4.78 is 10.3. The van der Waals surface area contributed by atoms with Gasteiger partial charge in [-0.2, -0.15) is 4.98 Å². The molecule has 2 aromatic rings. The number of para-hydroxylation sites is 1. The standard InChI is InChI=1S/C12H13N3O2S/c1-16-8-5-3-4-6-9(8)18-11-7-10(17-2)14-12(13)15-11/h3-7H,1-2H3,(H2,13,14,15). The molecular formula is C12H13N3O2S. The van der Waals surface area contributed by atoms with Crippen LogP contribution in [0.5, 0.6) is 11.6 Å². The first kappa shape index (κ1) is 12.5. The molecule has 0 saturated heterocycles. The summed E-state index contributed by atoms with van der Waals surface area (Å²) in [5, 5.41) is 0.712. The molecule has 5 nitrogen and oxygen atoms in total. The van der Waals surface area contributed by atoms with Gasteiger partial charge < -0.3 is 15.2 Å². The van der Waals surface area contributed by atoms with Gasteiger partial charge in [-0.25, -0.2) is 4.98 Å². The van der Waals surface area contributed by atoms with Gasteiger partial charge in [-0.15, -0.1) is 0 Å². The maximum absolute atomic E-state index is 5.61. The van der Waals surface area contributed by atoms with Crippen molar-refractivity contribution in [1.29, 1.82) is 0 Å². The molecule has 0 fully saturated rings. The predicted octanol–water partition coefficient (Wildman–Crippen LogP) is 2.23. The fourth-order valence-corrected chi connectivity index (χ4v) is 2.32. The lowest BCUT2D eigenvalue weighted by atomic mass is 10.3. The predicted molar refractivity (Wildman–Crippen MR) is 70.1 cm³/mol. The minimum absolute atomic E-state index is 0.187. The molecule has 0 saturated carbocycles. The molecule has 1 aromatic heterocycles.